The van der Waals surface area contributed by atoms with Crippen LogP contribution in [0, 0.1) is 5.92 Å². The van der Waals surface area contributed by atoms with Gasteiger partial charge in [-0.05, 0) is 30.4 Å². The molecule has 0 saturated carbocycles. The smallest absolute Gasteiger partial charge is 0.0566 e. The first-order valence-electron chi connectivity index (χ1n) is 5.12. The fourth-order valence-electron chi connectivity index (χ4n) is 1.40. The lowest BCUT2D eigenvalue weighted by atomic mass is 9.99. The van der Waals surface area contributed by atoms with Crippen molar-refractivity contribution in [3.8, 4) is 0 Å². The van der Waals surface area contributed by atoms with Crippen molar-refractivity contribution in [2.24, 2.45) is 5.92 Å². The highest BCUT2D eigenvalue weighted by molar-refractivity contribution is 5.46. The number of hydrogen-bond acceptors (Lipinski definition) is 2. The van der Waals surface area contributed by atoms with E-state index < -0.39 is 0 Å². The van der Waals surface area contributed by atoms with E-state index in [4.69, 9.17) is 5.73 Å². The van der Waals surface area contributed by atoms with Gasteiger partial charge in [-0.1, -0.05) is 32.0 Å². The van der Waals surface area contributed by atoms with Gasteiger partial charge in [-0.25, -0.2) is 0 Å². The Morgan fingerprint density at radius 1 is 1.29 bits per heavy atom. The molecule has 2 heteroatoms. The molecule has 3 N–H and O–H groups in total. The van der Waals surface area contributed by atoms with E-state index in [1.54, 1.807) is 0 Å². The Bertz CT molecular complexity index is 283. The van der Waals surface area contributed by atoms with Gasteiger partial charge in [0.15, 0.2) is 0 Å². The second kappa shape index (κ2) is 5.01. The highest BCUT2D eigenvalue weighted by atomic mass is 16.3. The second-order valence-corrected chi connectivity index (χ2v) is 4.05. The third-order valence-corrected chi connectivity index (χ3v) is 2.53. The number of nitrogens with two attached hydrogens (primary N) is 1. The van der Waals surface area contributed by atoms with Crippen molar-refractivity contribution >= 4 is 5.69 Å². The molecule has 0 saturated heterocycles. The summed E-state index contributed by atoms with van der Waals surface area (Å²) in [7, 11) is 0. The van der Waals surface area contributed by atoms with Gasteiger partial charge in [0.05, 0.1) is 6.10 Å². The van der Waals surface area contributed by atoms with Gasteiger partial charge in [0, 0.05) is 5.69 Å². The third-order valence-electron chi connectivity index (χ3n) is 2.53. The molecule has 14 heavy (non-hydrogen) atoms. The molecule has 1 aromatic rings. The quantitative estimate of drug-likeness (QED) is 0.720. The van der Waals surface area contributed by atoms with Crippen LogP contribution in [-0.2, 0) is 6.42 Å². The van der Waals surface area contributed by atoms with E-state index in [-0.39, 0.29) is 6.10 Å². The number of anilines is 1. The molecule has 0 radical (unpaired) electrons. The van der Waals surface area contributed by atoms with Crippen LogP contribution in [0.4, 0.5) is 5.69 Å². The molecule has 2 nitrogen and oxygen atoms in total. The minimum absolute atomic E-state index is 0.227. The molecule has 78 valence electrons. The molecule has 1 aromatic carbocycles. The van der Waals surface area contributed by atoms with E-state index in [2.05, 4.69) is 0 Å². The molecular formula is C12H19NO. The van der Waals surface area contributed by atoms with E-state index in [9.17, 15) is 5.11 Å². The maximum Gasteiger partial charge on any atom is 0.0566 e. The molecule has 1 atom stereocenters. The number of nitrogen functional groups attached to an aromatic ring is 1. The Morgan fingerprint density at radius 3 is 2.50 bits per heavy atom. The molecule has 1 rings (SSSR count). The largest absolute Gasteiger partial charge is 0.399 e. The van der Waals surface area contributed by atoms with E-state index in [0.29, 0.717) is 5.92 Å². The molecular weight excluding hydrogens is 174 g/mol. The first kappa shape index (κ1) is 11.1. The fraction of sp³-hybridized carbons (Fsp3) is 0.500. The zero-order chi connectivity index (χ0) is 10.6. The van der Waals surface area contributed by atoms with E-state index in [1.165, 1.54) is 0 Å². The Hall–Kier alpha value is -1.02. The number of aliphatic hydroxyl groups is 1. The summed E-state index contributed by atoms with van der Waals surface area (Å²) in [5.74, 6) is 0.319. The summed E-state index contributed by atoms with van der Waals surface area (Å²) in [6, 6.07) is 7.82. The first-order chi connectivity index (χ1) is 6.61. The minimum Gasteiger partial charge on any atom is -0.399 e. The number of rotatable bonds is 4. The van der Waals surface area contributed by atoms with Gasteiger partial charge in [-0.15, -0.1) is 0 Å². The molecule has 0 fully saturated rings. The van der Waals surface area contributed by atoms with Gasteiger partial charge in [0.25, 0.3) is 0 Å². The molecule has 0 aromatic heterocycles. The monoisotopic (exact) mass is 193 g/mol. The number of para-hydroxylation sites is 1. The van der Waals surface area contributed by atoms with Crippen LogP contribution in [0.15, 0.2) is 24.3 Å². The summed E-state index contributed by atoms with van der Waals surface area (Å²) in [5, 5.41) is 9.64. The van der Waals surface area contributed by atoms with Crippen LogP contribution in [-0.4, -0.2) is 11.2 Å². The van der Waals surface area contributed by atoms with Crippen molar-refractivity contribution in [3.63, 3.8) is 0 Å². The van der Waals surface area contributed by atoms with Gasteiger partial charge in [-0.2, -0.15) is 0 Å². The van der Waals surface area contributed by atoms with Gasteiger partial charge < -0.3 is 10.8 Å². The molecule has 0 amide bonds. The molecule has 0 spiro atoms. The average molecular weight is 193 g/mol. The molecule has 0 unspecified atom stereocenters. The maximum atomic E-state index is 9.64. The van der Waals surface area contributed by atoms with Crippen LogP contribution in [0.2, 0.25) is 0 Å². The van der Waals surface area contributed by atoms with Gasteiger partial charge in [0.2, 0.25) is 0 Å². The normalized spacial score (nSPS) is 13.1. The van der Waals surface area contributed by atoms with Crippen molar-refractivity contribution in [2.75, 3.05) is 5.73 Å². The van der Waals surface area contributed by atoms with Gasteiger partial charge in [-0.3, -0.25) is 0 Å². The van der Waals surface area contributed by atoms with E-state index in [1.807, 2.05) is 38.1 Å². The lowest BCUT2D eigenvalue weighted by Gasteiger charge is -2.14. The van der Waals surface area contributed by atoms with Crippen molar-refractivity contribution < 1.29 is 5.11 Å². The van der Waals surface area contributed by atoms with Crippen molar-refractivity contribution in [1.82, 2.24) is 0 Å². The molecule has 0 aliphatic heterocycles. The Morgan fingerprint density at radius 2 is 1.93 bits per heavy atom. The lowest BCUT2D eigenvalue weighted by Crippen LogP contribution is -2.15. The predicted octanol–water partition coefficient (Wildman–Crippen LogP) is 2.22. The zero-order valence-corrected chi connectivity index (χ0v) is 8.90. The van der Waals surface area contributed by atoms with Crippen LogP contribution in [0.25, 0.3) is 0 Å². The average Bonchev–Trinajstić information content (AvgIpc) is 2.16. The first-order valence-corrected chi connectivity index (χ1v) is 5.12. The number of aliphatic hydroxyl groups excluding tert-OH is 1. The van der Waals surface area contributed by atoms with Crippen LogP contribution >= 0.6 is 0 Å². The lowest BCUT2D eigenvalue weighted by molar-refractivity contribution is 0.116. The molecule has 0 aliphatic rings. The number of benzene rings is 1. The summed E-state index contributed by atoms with van der Waals surface area (Å²) in [4.78, 5) is 0. The topological polar surface area (TPSA) is 46.2 Å². The van der Waals surface area contributed by atoms with Crippen molar-refractivity contribution in [2.45, 2.75) is 32.8 Å². The molecule has 0 aliphatic carbocycles. The Kier molecular flexibility index (Phi) is 3.96. The number of hydrogen-bond donors (Lipinski definition) is 2. The molecule has 0 bridgehead atoms. The Labute approximate surface area is 85.8 Å². The van der Waals surface area contributed by atoms with Crippen LogP contribution in [0.3, 0.4) is 0 Å². The van der Waals surface area contributed by atoms with E-state index >= 15 is 0 Å². The fourth-order valence-corrected chi connectivity index (χ4v) is 1.40. The summed E-state index contributed by atoms with van der Waals surface area (Å²) >= 11 is 0. The van der Waals surface area contributed by atoms with E-state index in [0.717, 1.165) is 24.1 Å². The van der Waals surface area contributed by atoms with Gasteiger partial charge >= 0.3 is 0 Å². The highest BCUT2D eigenvalue weighted by Gasteiger charge is 2.09. The third kappa shape index (κ3) is 3.04. The van der Waals surface area contributed by atoms with Crippen LogP contribution in [0.1, 0.15) is 25.8 Å². The molecule has 0 heterocycles. The summed E-state index contributed by atoms with van der Waals surface area (Å²) < 4.78 is 0. The zero-order valence-electron chi connectivity index (χ0n) is 8.90. The van der Waals surface area contributed by atoms with Gasteiger partial charge in [0.1, 0.15) is 0 Å². The minimum atomic E-state index is -0.227. The van der Waals surface area contributed by atoms with Crippen molar-refractivity contribution in [3.05, 3.63) is 29.8 Å². The predicted molar refractivity (Wildman–Crippen MR) is 60.0 cm³/mol. The summed E-state index contributed by atoms with van der Waals surface area (Å²) in [6.45, 7) is 4.05. The standard InChI is InChI=1S/C12H19NO/c1-9(2)12(14)8-7-10-5-3-4-6-11(10)13/h3-6,9,12,14H,7-8,13H2,1-2H3/t12-/m0/s1. The SMILES string of the molecule is CC(C)[C@@H](O)CCc1ccccc1N. The summed E-state index contributed by atoms with van der Waals surface area (Å²) in [6.07, 6.45) is 1.41. The second-order valence-electron chi connectivity index (χ2n) is 4.05. The Balaban J connectivity index is 2.50. The van der Waals surface area contributed by atoms with Crippen LogP contribution in [0.5, 0.6) is 0 Å². The van der Waals surface area contributed by atoms with Crippen molar-refractivity contribution in [1.29, 1.82) is 0 Å². The summed E-state index contributed by atoms with van der Waals surface area (Å²) in [5.41, 5.74) is 7.76. The highest BCUT2D eigenvalue weighted by Crippen LogP contribution is 2.15. The maximum absolute atomic E-state index is 9.64. The van der Waals surface area contributed by atoms with Crippen LogP contribution < -0.4 is 5.73 Å². The number of aryl methyl sites for hydroxylation is 1.